The number of hydrogen-bond donors (Lipinski definition) is 2. The van der Waals surface area contributed by atoms with Crippen molar-refractivity contribution in [3.8, 4) is 17.6 Å². The third kappa shape index (κ3) is 6.20. The van der Waals surface area contributed by atoms with Crippen molar-refractivity contribution in [3.05, 3.63) is 47.8 Å². The number of benzene rings is 1. The second-order valence-electron chi connectivity index (χ2n) is 8.60. The van der Waals surface area contributed by atoms with E-state index in [1.807, 2.05) is 4.90 Å². The van der Waals surface area contributed by atoms with Crippen molar-refractivity contribution < 1.29 is 27.1 Å². The van der Waals surface area contributed by atoms with E-state index in [-0.39, 0.29) is 53.7 Å². The average Bonchev–Trinajstić information content (AvgIpc) is 3.20. The van der Waals surface area contributed by atoms with Gasteiger partial charge in [-0.15, -0.1) is 0 Å². The van der Waals surface area contributed by atoms with Gasteiger partial charge in [0.1, 0.15) is 22.2 Å². The number of alkyl halides is 4. The molecule has 0 saturated carbocycles. The number of hydrogen-bond acceptors (Lipinski definition) is 7. The summed E-state index contributed by atoms with van der Waals surface area (Å²) in [7, 11) is 4.73. The van der Waals surface area contributed by atoms with Crippen LogP contribution in [0, 0.1) is 11.8 Å². The van der Waals surface area contributed by atoms with Crippen LogP contribution in [0.3, 0.4) is 0 Å². The summed E-state index contributed by atoms with van der Waals surface area (Å²) in [6.45, 7) is 0.532. The first kappa shape index (κ1) is 27.3. The molecule has 1 amide bonds. The average molecular weight is 549 g/mol. The van der Waals surface area contributed by atoms with Gasteiger partial charge in [0.05, 0.1) is 25.6 Å². The molecule has 0 aliphatic carbocycles. The summed E-state index contributed by atoms with van der Waals surface area (Å²) >= 11 is -0.334. The highest BCUT2D eigenvalue weighted by Crippen LogP contribution is 2.39. The molecule has 0 atom stereocenters. The summed E-state index contributed by atoms with van der Waals surface area (Å²) in [6.07, 6.45) is 2.66. The number of carbonyl (C=O) groups is 1. The molecule has 38 heavy (non-hydrogen) atoms. The van der Waals surface area contributed by atoms with Gasteiger partial charge in [0.2, 0.25) is 0 Å². The number of imidazole rings is 1. The largest absolute Gasteiger partial charge is 0.494 e. The lowest BCUT2D eigenvalue weighted by molar-refractivity contribution is -0.0330. The molecule has 0 bridgehead atoms. The minimum absolute atomic E-state index is 0.000170. The predicted octanol–water partition coefficient (Wildman–Crippen LogP) is 4.13. The highest BCUT2D eigenvalue weighted by molar-refractivity contribution is 8.00. The molecule has 8 nitrogen and oxygen atoms in total. The lowest BCUT2D eigenvalue weighted by Crippen LogP contribution is -2.60. The Bertz CT molecular complexity index is 1440. The number of methoxy groups -OCH3 is 1. The zero-order valence-electron chi connectivity index (χ0n) is 20.7. The molecule has 2 aromatic heterocycles. The van der Waals surface area contributed by atoms with E-state index in [4.69, 9.17) is 4.74 Å². The second-order valence-corrected chi connectivity index (χ2v) is 9.65. The molecule has 200 valence electrons. The minimum atomic E-state index is -4.58. The Morgan fingerprint density at radius 2 is 2.11 bits per heavy atom. The quantitative estimate of drug-likeness (QED) is 0.200. The summed E-state index contributed by atoms with van der Waals surface area (Å²) < 4.78 is 61.3. The Kier molecular flexibility index (Phi) is 7.84. The molecule has 1 aromatic carbocycles. The summed E-state index contributed by atoms with van der Waals surface area (Å²) in [5, 5.41) is 5.27. The van der Waals surface area contributed by atoms with E-state index in [1.54, 1.807) is 31.3 Å². The number of aromatic nitrogens is 2. The first-order chi connectivity index (χ1) is 18.0. The molecule has 1 saturated heterocycles. The molecule has 0 unspecified atom stereocenters. The van der Waals surface area contributed by atoms with Crippen molar-refractivity contribution in [2.24, 2.45) is 4.99 Å². The summed E-state index contributed by atoms with van der Waals surface area (Å²) in [6, 6.07) is 7.81. The lowest BCUT2D eigenvalue weighted by Gasteiger charge is -2.42. The third-order valence-corrected chi connectivity index (χ3v) is 6.46. The molecule has 1 fully saturated rings. The molecule has 0 spiro atoms. The SMILES string of the molecule is CNC(=O)c1ccc(N=CC#Cc2nc3c(NCC4(F)CN(C)C4)cccn3c2SC(F)(F)F)c(OC)c1. The molecule has 1 aliphatic heterocycles. The Balaban J connectivity index is 1.63. The first-order valence-corrected chi connectivity index (χ1v) is 12.2. The predicted molar refractivity (Wildman–Crippen MR) is 138 cm³/mol. The maximum absolute atomic E-state index is 14.7. The van der Waals surface area contributed by atoms with Gasteiger partial charge < -0.3 is 15.4 Å². The van der Waals surface area contributed by atoms with Gasteiger partial charge in [0.25, 0.3) is 5.91 Å². The number of nitrogens with one attached hydrogen (secondary N) is 2. The Morgan fingerprint density at radius 3 is 2.76 bits per heavy atom. The molecule has 1 aliphatic rings. The van der Waals surface area contributed by atoms with Gasteiger partial charge in [-0.3, -0.25) is 14.1 Å². The van der Waals surface area contributed by atoms with Crippen molar-refractivity contribution in [3.63, 3.8) is 0 Å². The maximum Gasteiger partial charge on any atom is 0.447 e. The van der Waals surface area contributed by atoms with E-state index >= 15 is 0 Å². The monoisotopic (exact) mass is 548 g/mol. The van der Waals surface area contributed by atoms with Crippen molar-refractivity contribution in [2.45, 2.75) is 16.2 Å². The normalized spacial score (nSPS) is 15.1. The van der Waals surface area contributed by atoms with Crippen LogP contribution >= 0.6 is 11.8 Å². The van der Waals surface area contributed by atoms with Crippen molar-refractivity contribution in [2.75, 3.05) is 46.2 Å². The lowest BCUT2D eigenvalue weighted by atomic mass is 9.97. The third-order valence-electron chi connectivity index (χ3n) is 5.65. The van der Waals surface area contributed by atoms with Crippen LogP contribution in [-0.4, -0.2) is 78.4 Å². The number of ether oxygens (including phenoxy) is 1. The smallest absolute Gasteiger partial charge is 0.447 e. The molecule has 3 aromatic rings. The number of rotatable bonds is 7. The number of thioether (sulfide) groups is 1. The number of nitrogens with zero attached hydrogens (tertiary/aromatic N) is 4. The van der Waals surface area contributed by atoms with Crippen LogP contribution in [0.4, 0.5) is 28.9 Å². The molecule has 4 rings (SSSR count). The van der Waals surface area contributed by atoms with Crippen LogP contribution in [0.2, 0.25) is 0 Å². The molecular formula is C25H24F4N6O2S. The van der Waals surface area contributed by atoms with Crippen molar-refractivity contribution in [1.82, 2.24) is 19.6 Å². The van der Waals surface area contributed by atoms with Crippen molar-refractivity contribution >= 4 is 40.9 Å². The first-order valence-electron chi connectivity index (χ1n) is 11.3. The molecule has 0 radical (unpaired) electrons. The Morgan fingerprint density at radius 1 is 1.34 bits per heavy atom. The highest BCUT2D eigenvalue weighted by Gasteiger charge is 2.41. The summed E-state index contributed by atoms with van der Waals surface area (Å²) in [5.41, 5.74) is -4.76. The van der Waals surface area contributed by atoms with E-state index in [9.17, 15) is 22.4 Å². The molecule has 2 N–H and O–H groups in total. The second kappa shape index (κ2) is 10.9. The highest BCUT2D eigenvalue weighted by atomic mass is 32.2. The fraction of sp³-hybridized carbons (Fsp3) is 0.320. The fourth-order valence-electron chi connectivity index (χ4n) is 4.03. The number of carbonyl (C=O) groups excluding carboxylic acids is 1. The Labute approximate surface area is 220 Å². The molecule has 13 heteroatoms. The van der Waals surface area contributed by atoms with Gasteiger partial charge in [-0.25, -0.2) is 14.4 Å². The van der Waals surface area contributed by atoms with Gasteiger partial charge in [-0.2, -0.15) is 13.2 Å². The van der Waals surface area contributed by atoms with Crippen LogP contribution in [0.5, 0.6) is 5.75 Å². The number of pyridine rings is 1. The van der Waals surface area contributed by atoms with E-state index in [2.05, 4.69) is 32.5 Å². The van der Waals surface area contributed by atoms with Crippen LogP contribution in [0.25, 0.3) is 5.65 Å². The molecular weight excluding hydrogens is 524 g/mol. The number of amides is 1. The topological polar surface area (TPSA) is 83.3 Å². The van der Waals surface area contributed by atoms with Gasteiger partial charge in [0, 0.05) is 43.7 Å². The number of anilines is 1. The number of likely N-dealkylation sites (tertiary alicyclic amines) is 1. The van der Waals surface area contributed by atoms with Gasteiger partial charge in [0.15, 0.2) is 11.3 Å². The fourth-order valence-corrected chi connectivity index (χ4v) is 4.69. The zero-order valence-corrected chi connectivity index (χ0v) is 21.5. The van der Waals surface area contributed by atoms with E-state index in [1.165, 1.54) is 37.0 Å². The van der Waals surface area contributed by atoms with E-state index in [0.29, 0.717) is 22.7 Å². The number of aliphatic imine (C=N–C) groups is 1. The Hall–Kier alpha value is -3.76. The van der Waals surface area contributed by atoms with Crippen LogP contribution in [0.15, 0.2) is 46.5 Å². The van der Waals surface area contributed by atoms with Gasteiger partial charge >= 0.3 is 5.51 Å². The van der Waals surface area contributed by atoms with Gasteiger partial charge in [-0.05, 0) is 49.2 Å². The summed E-state index contributed by atoms with van der Waals surface area (Å²) in [4.78, 5) is 22.2. The molecule has 3 heterocycles. The number of halogens is 4. The van der Waals surface area contributed by atoms with Crippen LogP contribution in [0.1, 0.15) is 16.1 Å². The minimum Gasteiger partial charge on any atom is -0.494 e. The van der Waals surface area contributed by atoms with E-state index < -0.39 is 11.2 Å². The van der Waals surface area contributed by atoms with E-state index in [0.717, 1.165) is 0 Å². The number of fused-ring (bicyclic) bond motifs is 1. The standard InChI is InChI=1S/C25H24F4N6O2S/c1-30-22(36)16-8-9-17(20(12-16)37-3)31-10-4-6-19-23(38-25(27,28)29)35-11-5-7-18(21(35)33-19)32-13-24(26)14-34(2)15-24/h5,7-12,32H,13-15H2,1-3H3,(H,30,36). The van der Waals surface area contributed by atoms with Gasteiger partial charge in [-0.1, -0.05) is 0 Å². The van der Waals surface area contributed by atoms with Crippen LogP contribution < -0.4 is 15.4 Å². The summed E-state index contributed by atoms with van der Waals surface area (Å²) in [5.74, 6) is 5.28. The zero-order chi connectivity index (χ0) is 27.5. The van der Waals surface area contributed by atoms with Crippen LogP contribution in [-0.2, 0) is 0 Å². The maximum atomic E-state index is 14.7. The van der Waals surface area contributed by atoms with Crippen molar-refractivity contribution in [1.29, 1.82) is 0 Å².